The lowest BCUT2D eigenvalue weighted by molar-refractivity contribution is 0.611. The van der Waals surface area contributed by atoms with Gasteiger partial charge in [0.15, 0.2) is 0 Å². The monoisotopic (exact) mass is 341 g/mol. The maximum atomic E-state index is 14.3. The quantitative estimate of drug-likeness (QED) is 0.704. The molecule has 0 bridgehead atoms. The largest absolute Gasteiger partial charge is 0.370 e. The number of hydrogen-bond donors (Lipinski definition) is 1. The highest BCUT2D eigenvalue weighted by Crippen LogP contribution is 2.34. The molecule has 0 amide bonds. The van der Waals surface area contributed by atoms with Crippen molar-refractivity contribution in [1.82, 2.24) is 9.78 Å². The van der Waals surface area contributed by atoms with Crippen LogP contribution in [0, 0.1) is 5.82 Å². The van der Waals surface area contributed by atoms with Crippen molar-refractivity contribution in [3.05, 3.63) is 64.9 Å². The van der Waals surface area contributed by atoms with Crippen molar-refractivity contribution in [2.75, 3.05) is 11.9 Å². The van der Waals surface area contributed by atoms with Crippen LogP contribution < -0.4 is 5.32 Å². The molecule has 122 valence electrons. The lowest BCUT2D eigenvalue weighted by Gasteiger charge is -2.09. The van der Waals surface area contributed by atoms with Gasteiger partial charge in [0.1, 0.15) is 17.3 Å². The van der Waals surface area contributed by atoms with E-state index in [2.05, 4.69) is 5.32 Å². The van der Waals surface area contributed by atoms with E-state index in [-0.39, 0.29) is 5.82 Å². The molecule has 5 heteroatoms. The third kappa shape index (κ3) is 2.67. The predicted molar refractivity (Wildman–Crippen MR) is 95.4 cm³/mol. The van der Waals surface area contributed by atoms with Gasteiger partial charge in [0.25, 0.3) is 0 Å². The van der Waals surface area contributed by atoms with Crippen LogP contribution in [0.25, 0.3) is 16.9 Å². The van der Waals surface area contributed by atoms with Gasteiger partial charge < -0.3 is 5.32 Å². The molecule has 0 atom stereocenters. The van der Waals surface area contributed by atoms with Gasteiger partial charge in [0.2, 0.25) is 0 Å². The highest BCUT2D eigenvalue weighted by atomic mass is 35.5. The molecule has 0 saturated carbocycles. The maximum absolute atomic E-state index is 14.3. The Labute approximate surface area is 145 Å². The molecule has 0 fully saturated rings. The first kappa shape index (κ1) is 15.2. The van der Waals surface area contributed by atoms with Crippen molar-refractivity contribution < 1.29 is 4.39 Å². The van der Waals surface area contributed by atoms with E-state index < -0.39 is 0 Å². The Balaban J connectivity index is 1.92. The summed E-state index contributed by atoms with van der Waals surface area (Å²) in [6, 6.07) is 14.4. The summed E-state index contributed by atoms with van der Waals surface area (Å²) in [4.78, 5) is 0. The Morgan fingerprint density at radius 1 is 1.04 bits per heavy atom. The summed E-state index contributed by atoms with van der Waals surface area (Å²) in [6.45, 7) is 0.868. The molecule has 0 saturated heterocycles. The number of anilines is 1. The smallest absolute Gasteiger partial charge is 0.148 e. The Morgan fingerprint density at radius 3 is 2.62 bits per heavy atom. The van der Waals surface area contributed by atoms with Crippen LogP contribution in [-0.4, -0.2) is 16.3 Å². The van der Waals surface area contributed by atoms with Gasteiger partial charge in [0, 0.05) is 22.7 Å². The Bertz CT molecular complexity index is 871. The number of para-hydroxylation sites is 1. The maximum Gasteiger partial charge on any atom is 0.148 e. The summed E-state index contributed by atoms with van der Waals surface area (Å²) < 4.78 is 16.0. The van der Waals surface area contributed by atoms with E-state index >= 15 is 0 Å². The minimum Gasteiger partial charge on any atom is -0.370 e. The van der Waals surface area contributed by atoms with Crippen LogP contribution in [0.4, 0.5) is 10.2 Å². The summed E-state index contributed by atoms with van der Waals surface area (Å²) >= 11 is 6.00. The van der Waals surface area contributed by atoms with Crippen LogP contribution >= 0.6 is 11.6 Å². The topological polar surface area (TPSA) is 29.9 Å². The first-order valence-corrected chi connectivity index (χ1v) is 8.48. The Morgan fingerprint density at radius 2 is 1.83 bits per heavy atom. The van der Waals surface area contributed by atoms with E-state index in [1.807, 2.05) is 30.3 Å². The van der Waals surface area contributed by atoms with Gasteiger partial charge >= 0.3 is 0 Å². The Kier molecular flexibility index (Phi) is 3.98. The van der Waals surface area contributed by atoms with Crippen molar-refractivity contribution in [3.8, 4) is 16.9 Å². The summed E-state index contributed by atoms with van der Waals surface area (Å²) in [5, 5.41) is 8.86. The second kappa shape index (κ2) is 6.29. The van der Waals surface area contributed by atoms with Crippen molar-refractivity contribution >= 4 is 17.4 Å². The van der Waals surface area contributed by atoms with E-state index in [0.29, 0.717) is 10.7 Å². The van der Waals surface area contributed by atoms with Crippen LogP contribution in [0.15, 0.2) is 48.5 Å². The minimum absolute atomic E-state index is 0.281. The standard InChI is InChI=1S/C19H17ClFN3/c20-14-10-8-13(9-11-14)18-15-5-3-4-12-22-19(15)24(23-18)17-7-2-1-6-16(17)21/h1-2,6-11,22H,3-5,12H2. The van der Waals surface area contributed by atoms with Crippen LogP contribution in [0.3, 0.4) is 0 Å². The molecule has 4 rings (SSSR count). The molecule has 3 nitrogen and oxygen atoms in total. The molecule has 1 aliphatic heterocycles. The fraction of sp³-hybridized carbons (Fsp3) is 0.211. The molecule has 1 N–H and O–H groups in total. The molecule has 2 heterocycles. The predicted octanol–water partition coefficient (Wildman–Crippen LogP) is 5.08. The summed E-state index contributed by atoms with van der Waals surface area (Å²) in [6.07, 6.45) is 3.10. The molecule has 1 aromatic heterocycles. The molecule has 0 aliphatic carbocycles. The second-order valence-corrected chi connectivity index (χ2v) is 6.37. The van der Waals surface area contributed by atoms with Gasteiger partial charge in [-0.05, 0) is 43.5 Å². The van der Waals surface area contributed by atoms with Crippen molar-refractivity contribution in [2.45, 2.75) is 19.3 Å². The molecule has 0 unspecified atom stereocenters. The van der Waals surface area contributed by atoms with Crippen molar-refractivity contribution in [3.63, 3.8) is 0 Å². The van der Waals surface area contributed by atoms with E-state index in [1.54, 1.807) is 16.8 Å². The van der Waals surface area contributed by atoms with Gasteiger partial charge in [-0.1, -0.05) is 35.9 Å². The number of aromatic nitrogens is 2. The highest BCUT2D eigenvalue weighted by molar-refractivity contribution is 6.30. The molecule has 24 heavy (non-hydrogen) atoms. The molecule has 2 aromatic carbocycles. The first-order chi connectivity index (χ1) is 11.7. The van der Waals surface area contributed by atoms with Crippen LogP contribution in [0.1, 0.15) is 18.4 Å². The lowest BCUT2D eigenvalue weighted by Crippen LogP contribution is -2.08. The number of nitrogens with one attached hydrogen (secondary N) is 1. The Hall–Kier alpha value is -2.33. The fourth-order valence-corrected chi connectivity index (χ4v) is 3.27. The number of fused-ring (bicyclic) bond motifs is 1. The number of benzene rings is 2. The van der Waals surface area contributed by atoms with Crippen molar-refractivity contribution in [2.24, 2.45) is 0 Å². The van der Waals surface area contributed by atoms with E-state index in [1.165, 1.54) is 6.07 Å². The first-order valence-electron chi connectivity index (χ1n) is 8.10. The SMILES string of the molecule is Fc1ccccc1-n1nc(-c2ccc(Cl)cc2)c2c1NCCCC2. The van der Waals surface area contributed by atoms with Crippen molar-refractivity contribution in [1.29, 1.82) is 0 Å². The molecule has 0 radical (unpaired) electrons. The van der Waals surface area contributed by atoms with Gasteiger partial charge in [-0.25, -0.2) is 9.07 Å². The van der Waals surface area contributed by atoms with E-state index in [4.69, 9.17) is 16.7 Å². The highest BCUT2D eigenvalue weighted by Gasteiger charge is 2.22. The number of rotatable bonds is 2. The minimum atomic E-state index is -0.281. The molecular weight excluding hydrogens is 325 g/mol. The number of nitrogens with zero attached hydrogens (tertiary/aromatic N) is 2. The third-order valence-electron chi connectivity index (χ3n) is 4.33. The summed E-state index contributed by atoms with van der Waals surface area (Å²) in [5.41, 5.74) is 3.48. The zero-order valence-electron chi connectivity index (χ0n) is 13.1. The zero-order chi connectivity index (χ0) is 16.5. The molecule has 1 aliphatic rings. The van der Waals surface area contributed by atoms with Crippen LogP contribution in [-0.2, 0) is 6.42 Å². The van der Waals surface area contributed by atoms with Gasteiger partial charge in [0.05, 0.1) is 5.69 Å². The van der Waals surface area contributed by atoms with Gasteiger partial charge in [-0.3, -0.25) is 0 Å². The normalized spacial score (nSPS) is 13.9. The molecule has 0 spiro atoms. The molecule has 3 aromatic rings. The average Bonchev–Trinajstić information content (AvgIpc) is 2.78. The molecular formula is C19H17ClFN3. The zero-order valence-corrected chi connectivity index (χ0v) is 13.9. The van der Waals surface area contributed by atoms with E-state index in [0.717, 1.165) is 48.4 Å². The lowest BCUT2D eigenvalue weighted by atomic mass is 10.0. The summed E-state index contributed by atoms with van der Waals surface area (Å²) in [5.74, 6) is 0.610. The fourth-order valence-electron chi connectivity index (χ4n) is 3.14. The average molecular weight is 342 g/mol. The van der Waals surface area contributed by atoms with Crippen LogP contribution in [0.5, 0.6) is 0 Å². The summed E-state index contributed by atoms with van der Waals surface area (Å²) in [7, 11) is 0. The van der Waals surface area contributed by atoms with Crippen LogP contribution in [0.2, 0.25) is 5.02 Å². The second-order valence-electron chi connectivity index (χ2n) is 5.93. The third-order valence-corrected chi connectivity index (χ3v) is 4.58. The number of halogens is 2. The van der Waals surface area contributed by atoms with Gasteiger partial charge in [-0.15, -0.1) is 0 Å². The van der Waals surface area contributed by atoms with E-state index in [9.17, 15) is 4.39 Å². The van der Waals surface area contributed by atoms with Gasteiger partial charge in [-0.2, -0.15) is 5.10 Å². The number of hydrogen-bond acceptors (Lipinski definition) is 2.